The predicted octanol–water partition coefficient (Wildman–Crippen LogP) is 3.45. The minimum Gasteiger partial charge on any atom is -0.369 e. The second-order valence-electron chi connectivity index (χ2n) is 6.60. The SMILES string of the molecule is Cn1c(-c2ccccc2Cl)nn(CN2CCN(c3ccncc3)CC2)c1=S. The van der Waals surface area contributed by atoms with Crippen molar-refractivity contribution in [1.29, 1.82) is 0 Å². The topological polar surface area (TPSA) is 42.1 Å². The van der Waals surface area contributed by atoms with Crippen LogP contribution in [-0.2, 0) is 13.7 Å². The van der Waals surface area contributed by atoms with Gasteiger partial charge in [0.15, 0.2) is 10.6 Å². The van der Waals surface area contributed by atoms with Gasteiger partial charge in [-0.05, 0) is 36.5 Å². The van der Waals surface area contributed by atoms with Gasteiger partial charge in [0.05, 0.1) is 11.7 Å². The Morgan fingerprint density at radius 2 is 1.74 bits per heavy atom. The van der Waals surface area contributed by atoms with Crippen molar-refractivity contribution in [3.05, 3.63) is 58.6 Å². The molecule has 1 aliphatic rings. The van der Waals surface area contributed by atoms with Gasteiger partial charge in [-0.1, -0.05) is 23.7 Å². The Hall–Kier alpha value is -2.22. The Kier molecular flexibility index (Phi) is 5.24. The summed E-state index contributed by atoms with van der Waals surface area (Å²) in [4.78, 5) is 8.84. The van der Waals surface area contributed by atoms with Gasteiger partial charge in [0, 0.05) is 56.9 Å². The molecule has 1 aromatic carbocycles. The van der Waals surface area contributed by atoms with E-state index in [1.165, 1.54) is 5.69 Å². The third-order valence-corrected chi connectivity index (χ3v) is 5.70. The van der Waals surface area contributed by atoms with Crippen molar-refractivity contribution in [2.75, 3.05) is 31.1 Å². The van der Waals surface area contributed by atoms with E-state index in [4.69, 9.17) is 28.9 Å². The summed E-state index contributed by atoms with van der Waals surface area (Å²) >= 11 is 11.9. The number of pyridine rings is 1. The van der Waals surface area contributed by atoms with Crippen LogP contribution in [0.5, 0.6) is 0 Å². The molecule has 6 nitrogen and oxygen atoms in total. The summed E-state index contributed by atoms with van der Waals surface area (Å²) in [7, 11) is 1.94. The lowest BCUT2D eigenvalue weighted by Crippen LogP contribution is -2.47. The molecule has 4 rings (SSSR count). The molecule has 1 aliphatic heterocycles. The van der Waals surface area contributed by atoms with Crippen LogP contribution in [0.2, 0.25) is 5.02 Å². The van der Waals surface area contributed by atoms with Gasteiger partial charge in [-0.15, -0.1) is 0 Å². The zero-order valence-electron chi connectivity index (χ0n) is 15.1. The molecule has 8 heteroatoms. The fourth-order valence-corrected chi connectivity index (χ4v) is 3.75. The maximum atomic E-state index is 6.34. The molecule has 27 heavy (non-hydrogen) atoms. The summed E-state index contributed by atoms with van der Waals surface area (Å²) in [6.07, 6.45) is 3.68. The van der Waals surface area contributed by atoms with Crippen molar-refractivity contribution in [1.82, 2.24) is 24.2 Å². The van der Waals surface area contributed by atoms with Gasteiger partial charge < -0.3 is 9.47 Å². The Morgan fingerprint density at radius 3 is 2.44 bits per heavy atom. The van der Waals surface area contributed by atoms with Crippen LogP contribution in [0.25, 0.3) is 11.4 Å². The Morgan fingerprint density at radius 1 is 1.04 bits per heavy atom. The number of piperazine rings is 1. The van der Waals surface area contributed by atoms with Crippen molar-refractivity contribution < 1.29 is 0 Å². The first-order valence-electron chi connectivity index (χ1n) is 8.89. The normalized spacial score (nSPS) is 15.3. The maximum absolute atomic E-state index is 6.34. The molecule has 3 heterocycles. The molecule has 0 N–H and O–H groups in total. The standard InChI is InChI=1S/C19H21ClN6S/c1-23-18(16-4-2-3-5-17(16)20)22-26(19(23)27)14-24-10-12-25(13-11-24)15-6-8-21-9-7-15/h2-9H,10-14H2,1H3. The lowest BCUT2D eigenvalue weighted by molar-refractivity contribution is 0.194. The Balaban J connectivity index is 1.47. The molecule has 1 fully saturated rings. The second kappa shape index (κ2) is 7.80. The zero-order valence-corrected chi connectivity index (χ0v) is 16.7. The Bertz CT molecular complexity index is 975. The third-order valence-electron chi connectivity index (χ3n) is 4.89. The summed E-state index contributed by atoms with van der Waals surface area (Å²) in [5.41, 5.74) is 2.12. The average molecular weight is 401 g/mol. The van der Waals surface area contributed by atoms with Gasteiger partial charge in [-0.25, -0.2) is 4.68 Å². The van der Waals surface area contributed by atoms with Gasteiger partial charge in [0.1, 0.15) is 0 Å². The highest BCUT2D eigenvalue weighted by Gasteiger charge is 2.19. The smallest absolute Gasteiger partial charge is 0.199 e. The summed E-state index contributed by atoms with van der Waals surface area (Å²) in [5.74, 6) is 0.793. The number of hydrogen-bond acceptors (Lipinski definition) is 5. The molecular weight excluding hydrogens is 380 g/mol. The summed E-state index contributed by atoms with van der Waals surface area (Å²) in [6.45, 7) is 4.55. The van der Waals surface area contributed by atoms with E-state index in [1.54, 1.807) is 0 Å². The zero-order chi connectivity index (χ0) is 18.8. The van der Waals surface area contributed by atoms with Crippen LogP contribution in [0.4, 0.5) is 5.69 Å². The fraction of sp³-hybridized carbons (Fsp3) is 0.316. The fourth-order valence-electron chi connectivity index (χ4n) is 3.35. The van der Waals surface area contributed by atoms with Gasteiger partial charge in [0.25, 0.3) is 0 Å². The molecule has 1 saturated heterocycles. The van der Waals surface area contributed by atoms with E-state index in [1.807, 2.05) is 53.0 Å². The van der Waals surface area contributed by atoms with Crippen molar-refractivity contribution in [3.8, 4) is 11.4 Å². The number of benzene rings is 1. The molecule has 2 aromatic heterocycles. The summed E-state index contributed by atoms with van der Waals surface area (Å²) < 4.78 is 4.50. The lowest BCUT2D eigenvalue weighted by atomic mass is 10.2. The third kappa shape index (κ3) is 3.76. The number of halogens is 1. The van der Waals surface area contributed by atoms with Crippen LogP contribution in [-0.4, -0.2) is 50.4 Å². The van der Waals surface area contributed by atoms with Crippen molar-refractivity contribution in [3.63, 3.8) is 0 Å². The highest BCUT2D eigenvalue weighted by atomic mass is 35.5. The van der Waals surface area contributed by atoms with Crippen LogP contribution in [0.3, 0.4) is 0 Å². The molecule has 0 unspecified atom stereocenters. The number of rotatable bonds is 4. The van der Waals surface area contributed by atoms with Gasteiger partial charge in [-0.2, -0.15) is 5.10 Å². The van der Waals surface area contributed by atoms with Crippen LogP contribution in [0.15, 0.2) is 48.8 Å². The highest BCUT2D eigenvalue weighted by molar-refractivity contribution is 7.71. The number of hydrogen-bond donors (Lipinski definition) is 0. The molecule has 0 aliphatic carbocycles. The predicted molar refractivity (Wildman–Crippen MR) is 111 cm³/mol. The number of nitrogens with zero attached hydrogens (tertiary/aromatic N) is 6. The van der Waals surface area contributed by atoms with E-state index >= 15 is 0 Å². The monoisotopic (exact) mass is 400 g/mol. The van der Waals surface area contributed by atoms with Crippen molar-refractivity contribution >= 4 is 29.5 Å². The largest absolute Gasteiger partial charge is 0.369 e. The lowest BCUT2D eigenvalue weighted by Gasteiger charge is -2.35. The Labute approximate surface area is 168 Å². The number of anilines is 1. The summed E-state index contributed by atoms with van der Waals surface area (Å²) in [6, 6.07) is 11.8. The van der Waals surface area contributed by atoms with E-state index in [0.717, 1.165) is 37.6 Å². The average Bonchev–Trinajstić information content (AvgIpc) is 2.98. The minimum atomic E-state index is 0.679. The molecule has 0 atom stereocenters. The van der Waals surface area contributed by atoms with Crippen LogP contribution >= 0.6 is 23.8 Å². The molecule has 0 bridgehead atoms. The van der Waals surface area contributed by atoms with Gasteiger partial charge in [0.2, 0.25) is 0 Å². The minimum absolute atomic E-state index is 0.679. The first kappa shape index (κ1) is 18.2. The van der Waals surface area contributed by atoms with Crippen LogP contribution < -0.4 is 4.90 Å². The van der Waals surface area contributed by atoms with E-state index in [-0.39, 0.29) is 0 Å². The van der Waals surface area contributed by atoms with E-state index in [2.05, 4.69) is 26.9 Å². The first-order chi connectivity index (χ1) is 13.1. The van der Waals surface area contributed by atoms with Gasteiger partial charge in [-0.3, -0.25) is 9.88 Å². The molecule has 0 amide bonds. The molecule has 3 aromatic rings. The molecule has 140 valence electrons. The summed E-state index contributed by atoms with van der Waals surface area (Å²) in [5, 5.41) is 5.42. The molecule has 0 saturated carbocycles. The van der Waals surface area contributed by atoms with E-state index < -0.39 is 0 Å². The number of aromatic nitrogens is 4. The van der Waals surface area contributed by atoms with E-state index in [0.29, 0.717) is 16.5 Å². The highest BCUT2D eigenvalue weighted by Crippen LogP contribution is 2.26. The van der Waals surface area contributed by atoms with Crippen LogP contribution in [0.1, 0.15) is 0 Å². The van der Waals surface area contributed by atoms with Gasteiger partial charge >= 0.3 is 0 Å². The quantitative estimate of drug-likeness (QED) is 0.627. The molecule has 0 spiro atoms. The van der Waals surface area contributed by atoms with E-state index in [9.17, 15) is 0 Å². The molecule has 0 radical (unpaired) electrons. The maximum Gasteiger partial charge on any atom is 0.199 e. The first-order valence-corrected chi connectivity index (χ1v) is 9.68. The second-order valence-corrected chi connectivity index (χ2v) is 7.37. The van der Waals surface area contributed by atoms with Crippen LogP contribution in [0, 0.1) is 4.77 Å². The van der Waals surface area contributed by atoms with Crippen molar-refractivity contribution in [2.45, 2.75) is 6.67 Å². The van der Waals surface area contributed by atoms with Crippen molar-refractivity contribution in [2.24, 2.45) is 7.05 Å². The molecular formula is C19H21ClN6S.